The molecule has 1 aliphatic heterocycles. The fourth-order valence-electron chi connectivity index (χ4n) is 3.76. The molecule has 160 valence electrons. The van der Waals surface area contributed by atoms with Gasteiger partial charge in [0.1, 0.15) is 0 Å². The lowest BCUT2D eigenvalue weighted by molar-refractivity contribution is -0.116. The third kappa shape index (κ3) is 3.92. The van der Waals surface area contributed by atoms with Gasteiger partial charge in [-0.25, -0.2) is 13.1 Å². The van der Waals surface area contributed by atoms with Gasteiger partial charge in [-0.2, -0.15) is 0 Å². The van der Waals surface area contributed by atoms with Crippen molar-refractivity contribution in [3.05, 3.63) is 65.7 Å². The van der Waals surface area contributed by atoms with E-state index < -0.39 is 10.0 Å². The van der Waals surface area contributed by atoms with Gasteiger partial charge in [0.2, 0.25) is 15.9 Å². The first kappa shape index (κ1) is 21.0. The highest BCUT2D eigenvalue weighted by molar-refractivity contribution is 7.89. The van der Waals surface area contributed by atoms with Gasteiger partial charge in [0.05, 0.1) is 10.6 Å². The van der Waals surface area contributed by atoms with Crippen LogP contribution in [0, 0.1) is 0 Å². The Hall–Kier alpha value is -3.23. The highest BCUT2D eigenvalue weighted by atomic mass is 32.2. The predicted molar refractivity (Wildman–Crippen MR) is 121 cm³/mol. The number of anilines is 2. The number of hydrogen-bond acceptors (Lipinski definition) is 4. The summed E-state index contributed by atoms with van der Waals surface area (Å²) >= 11 is 0. The third-order valence-corrected chi connectivity index (χ3v) is 6.81. The summed E-state index contributed by atoms with van der Waals surface area (Å²) in [6, 6.07) is 15.4. The van der Waals surface area contributed by atoms with Crippen molar-refractivity contribution in [2.45, 2.75) is 31.2 Å². The first-order valence-electron chi connectivity index (χ1n) is 10.0. The molecule has 1 heterocycles. The van der Waals surface area contributed by atoms with E-state index in [-0.39, 0.29) is 23.3 Å². The number of sulfonamides is 1. The molecular formula is C23H23N3O4S. The zero-order valence-corrected chi connectivity index (χ0v) is 18.1. The van der Waals surface area contributed by atoms with Crippen LogP contribution in [0.3, 0.4) is 0 Å². The molecule has 0 radical (unpaired) electrons. The van der Waals surface area contributed by atoms with Crippen molar-refractivity contribution in [1.29, 1.82) is 0 Å². The molecule has 3 aromatic rings. The quantitative estimate of drug-likeness (QED) is 0.590. The summed E-state index contributed by atoms with van der Waals surface area (Å²) in [5.41, 5.74) is 2.65. The number of rotatable bonds is 7. The summed E-state index contributed by atoms with van der Waals surface area (Å²) in [5.74, 6) is -0.193. The van der Waals surface area contributed by atoms with E-state index in [1.165, 1.54) is 11.0 Å². The smallest absolute Gasteiger partial charge is 0.258 e. The van der Waals surface area contributed by atoms with Crippen LogP contribution in [0.25, 0.3) is 10.8 Å². The number of carbonyl (C=O) groups is 2. The number of amides is 2. The SMILES string of the molecule is CCCC(=O)Nc1ccc(CNS(=O)(=O)c2ccc3c4c(cccc24)C(=O)N3C)cc1. The van der Waals surface area contributed by atoms with Crippen LogP contribution >= 0.6 is 0 Å². The van der Waals surface area contributed by atoms with Crippen molar-refractivity contribution in [3.63, 3.8) is 0 Å². The number of nitrogens with one attached hydrogen (secondary N) is 2. The molecular weight excluding hydrogens is 414 g/mol. The van der Waals surface area contributed by atoms with Gasteiger partial charge in [-0.1, -0.05) is 31.2 Å². The van der Waals surface area contributed by atoms with E-state index in [4.69, 9.17) is 0 Å². The molecule has 3 aromatic carbocycles. The second-order valence-corrected chi connectivity index (χ2v) is 9.23. The normalized spacial score (nSPS) is 13.1. The minimum atomic E-state index is -3.81. The summed E-state index contributed by atoms with van der Waals surface area (Å²) in [5, 5.41) is 3.98. The molecule has 0 unspecified atom stereocenters. The van der Waals surface area contributed by atoms with Crippen LogP contribution in [0.1, 0.15) is 35.7 Å². The fourth-order valence-corrected chi connectivity index (χ4v) is 4.98. The number of benzene rings is 3. The van der Waals surface area contributed by atoms with Gasteiger partial charge < -0.3 is 10.2 Å². The van der Waals surface area contributed by atoms with Crippen molar-refractivity contribution in [3.8, 4) is 0 Å². The largest absolute Gasteiger partial charge is 0.326 e. The maximum absolute atomic E-state index is 13.0. The summed E-state index contributed by atoms with van der Waals surface area (Å²) in [6.45, 7) is 2.04. The van der Waals surface area contributed by atoms with E-state index in [0.717, 1.165) is 12.0 Å². The van der Waals surface area contributed by atoms with Crippen LogP contribution in [0.2, 0.25) is 0 Å². The van der Waals surface area contributed by atoms with E-state index in [2.05, 4.69) is 10.0 Å². The molecule has 0 aromatic heterocycles. The van der Waals surface area contributed by atoms with Crippen molar-refractivity contribution in [2.75, 3.05) is 17.3 Å². The van der Waals surface area contributed by atoms with Crippen molar-refractivity contribution in [1.82, 2.24) is 4.72 Å². The molecule has 1 aliphatic rings. The molecule has 0 fully saturated rings. The maximum Gasteiger partial charge on any atom is 0.258 e. The highest BCUT2D eigenvalue weighted by Crippen LogP contribution is 2.39. The molecule has 8 heteroatoms. The lowest BCUT2D eigenvalue weighted by atomic mass is 10.1. The van der Waals surface area contributed by atoms with Crippen LogP contribution in [-0.4, -0.2) is 27.3 Å². The molecule has 2 amide bonds. The summed E-state index contributed by atoms with van der Waals surface area (Å²) < 4.78 is 28.7. The molecule has 0 saturated heterocycles. The van der Waals surface area contributed by atoms with Crippen LogP contribution in [0.4, 0.5) is 11.4 Å². The number of hydrogen-bond donors (Lipinski definition) is 2. The summed E-state index contributed by atoms with van der Waals surface area (Å²) in [6.07, 6.45) is 1.23. The van der Waals surface area contributed by atoms with Gasteiger partial charge in [-0.05, 0) is 42.3 Å². The molecule has 0 bridgehead atoms. The van der Waals surface area contributed by atoms with Crippen molar-refractivity contribution in [2.24, 2.45) is 0 Å². The van der Waals surface area contributed by atoms with Crippen LogP contribution < -0.4 is 14.9 Å². The van der Waals surface area contributed by atoms with E-state index in [1.54, 1.807) is 55.6 Å². The monoisotopic (exact) mass is 437 g/mol. The molecule has 0 aliphatic carbocycles. The fraction of sp³-hybridized carbons (Fsp3) is 0.217. The Kier molecular flexibility index (Phi) is 5.51. The summed E-state index contributed by atoms with van der Waals surface area (Å²) in [7, 11) is -2.13. The third-order valence-electron chi connectivity index (χ3n) is 5.35. The second kappa shape index (κ2) is 8.13. The second-order valence-electron chi connectivity index (χ2n) is 7.49. The molecule has 7 nitrogen and oxygen atoms in total. The van der Waals surface area contributed by atoms with E-state index in [0.29, 0.717) is 34.1 Å². The minimum Gasteiger partial charge on any atom is -0.326 e. The zero-order valence-electron chi connectivity index (χ0n) is 17.3. The Labute approximate surface area is 181 Å². The average Bonchev–Trinajstić information content (AvgIpc) is 3.00. The van der Waals surface area contributed by atoms with Gasteiger partial charge >= 0.3 is 0 Å². The Morgan fingerprint density at radius 2 is 1.77 bits per heavy atom. The Morgan fingerprint density at radius 3 is 2.48 bits per heavy atom. The van der Waals surface area contributed by atoms with Gasteiger partial charge in [0.15, 0.2) is 0 Å². The van der Waals surface area contributed by atoms with Gasteiger partial charge in [-0.3, -0.25) is 9.59 Å². The van der Waals surface area contributed by atoms with Gasteiger partial charge in [-0.15, -0.1) is 0 Å². The topological polar surface area (TPSA) is 95.6 Å². The van der Waals surface area contributed by atoms with Gasteiger partial charge in [0.25, 0.3) is 5.91 Å². The minimum absolute atomic E-state index is 0.0490. The Morgan fingerprint density at radius 1 is 1.03 bits per heavy atom. The lowest BCUT2D eigenvalue weighted by Gasteiger charge is -2.13. The van der Waals surface area contributed by atoms with Crippen molar-refractivity contribution < 1.29 is 18.0 Å². The van der Waals surface area contributed by atoms with Crippen LogP contribution in [0.15, 0.2) is 59.5 Å². The highest BCUT2D eigenvalue weighted by Gasteiger charge is 2.29. The molecule has 31 heavy (non-hydrogen) atoms. The van der Waals surface area contributed by atoms with E-state index in [1.807, 2.05) is 6.92 Å². The Bertz CT molecular complexity index is 1280. The van der Waals surface area contributed by atoms with E-state index >= 15 is 0 Å². The molecule has 0 saturated carbocycles. The molecule has 0 spiro atoms. The first-order valence-corrected chi connectivity index (χ1v) is 11.5. The van der Waals surface area contributed by atoms with Crippen LogP contribution in [0.5, 0.6) is 0 Å². The van der Waals surface area contributed by atoms with Gasteiger partial charge in [0, 0.05) is 42.0 Å². The molecule has 2 N–H and O–H groups in total. The number of carbonyl (C=O) groups excluding carboxylic acids is 2. The van der Waals surface area contributed by atoms with E-state index in [9.17, 15) is 18.0 Å². The summed E-state index contributed by atoms with van der Waals surface area (Å²) in [4.78, 5) is 25.8. The van der Waals surface area contributed by atoms with Crippen LogP contribution in [-0.2, 0) is 21.4 Å². The Balaban J connectivity index is 1.55. The molecule has 4 rings (SSSR count). The lowest BCUT2D eigenvalue weighted by Crippen LogP contribution is -2.23. The molecule has 0 atom stereocenters. The zero-order chi connectivity index (χ0) is 22.2. The average molecular weight is 438 g/mol. The van der Waals surface area contributed by atoms with Crippen molar-refractivity contribution >= 4 is 44.0 Å². The number of nitrogens with zero attached hydrogens (tertiary/aromatic N) is 1. The predicted octanol–water partition coefficient (Wildman–Crippen LogP) is 3.65. The first-order chi connectivity index (χ1) is 14.8. The standard InChI is InChI=1S/C23H23N3O4S/c1-3-5-21(27)25-16-10-8-15(9-11-16)14-24-31(29,30)20-13-12-19-22-17(20)6-4-7-18(22)23(28)26(19)2/h4,6-13,24H,3,5,14H2,1-2H3,(H,25,27). The maximum atomic E-state index is 13.0.